The van der Waals surface area contributed by atoms with Gasteiger partial charge in [0.2, 0.25) is 5.76 Å². The smallest absolute Gasteiger partial charge is 0.373 e. The zero-order valence-electron chi connectivity index (χ0n) is 15.7. The van der Waals surface area contributed by atoms with E-state index in [1.807, 2.05) is 27.7 Å². The Kier molecular flexibility index (Phi) is 6.23. The molecule has 7 heteroatoms. The summed E-state index contributed by atoms with van der Waals surface area (Å²) in [4.78, 5) is 23.6. The monoisotopic (exact) mass is 363 g/mol. The van der Waals surface area contributed by atoms with Crippen LogP contribution in [0, 0.1) is 22.0 Å². The predicted molar refractivity (Wildman–Crippen MR) is 95.3 cm³/mol. The molecule has 0 N–H and O–H groups in total. The van der Waals surface area contributed by atoms with E-state index in [1.54, 1.807) is 31.4 Å². The first-order chi connectivity index (χ1) is 12.3. The van der Waals surface area contributed by atoms with Crippen LogP contribution in [0.3, 0.4) is 0 Å². The second-order valence-corrected chi connectivity index (χ2v) is 6.98. The van der Waals surface area contributed by atoms with Crippen molar-refractivity contribution in [3.05, 3.63) is 51.3 Å². The molecule has 1 heterocycles. The average molecular weight is 363 g/mol. The fourth-order valence-electron chi connectivity index (χ4n) is 2.97. The Morgan fingerprint density at radius 2 is 1.85 bits per heavy atom. The van der Waals surface area contributed by atoms with Crippen molar-refractivity contribution in [1.29, 1.82) is 0 Å². The van der Waals surface area contributed by atoms with Crippen molar-refractivity contribution >= 4 is 5.97 Å². The molecule has 1 aliphatic heterocycles. The highest BCUT2D eigenvalue weighted by Crippen LogP contribution is 2.43. The van der Waals surface area contributed by atoms with Gasteiger partial charge in [-0.05, 0) is 29.5 Å². The molecule has 0 aliphatic carbocycles. The third-order valence-corrected chi connectivity index (χ3v) is 4.16. The minimum atomic E-state index is -1.36. The first kappa shape index (κ1) is 19.8. The molecule has 1 aromatic rings. The largest absolute Gasteiger partial charge is 0.497 e. The van der Waals surface area contributed by atoms with Crippen LogP contribution in [0.15, 0.2) is 35.6 Å². The molecule has 2 atom stereocenters. The number of benzene rings is 1. The Hall–Kier alpha value is -2.57. The second-order valence-electron chi connectivity index (χ2n) is 6.98. The Bertz CT molecular complexity index is 692. The van der Waals surface area contributed by atoms with Crippen LogP contribution in [-0.2, 0) is 14.3 Å². The van der Waals surface area contributed by atoms with Crippen LogP contribution in [0.2, 0.25) is 0 Å². The molecule has 0 unspecified atom stereocenters. The lowest BCUT2D eigenvalue weighted by Crippen LogP contribution is -2.27. The number of hydrogen-bond acceptors (Lipinski definition) is 6. The van der Waals surface area contributed by atoms with Crippen molar-refractivity contribution in [2.45, 2.75) is 39.8 Å². The lowest BCUT2D eigenvalue weighted by atomic mass is 9.84. The third-order valence-electron chi connectivity index (χ3n) is 4.16. The van der Waals surface area contributed by atoms with Crippen molar-refractivity contribution in [3.63, 3.8) is 0 Å². The third kappa shape index (κ3) is 4.15. The molecule has 142 valence electrons. The zero-order valence-corrected chi connectivity index (χ0v) is 15.7. The van der Waals surface area contributed by atoms with Crippen LogP contribution in [0.1, 0.15) is 39.2 Å². The maximum atomic E-state index is 12.5. The van der Waals surface area contributed by atoms with Crippen LogP contribution in [0.4, 0.5) is 0 Å². The topological polar surface area (TPSA) is 87.9 Å². The SMILES string of the molecule is COc1ccc([C@H]2C(C(C)C)=C(C(=O)OCC(C)C)O[C@@H]2[N+](=O)[O-])cc1. The van der Waals surface area contributed by atoms with Crippen molar-refractivity contribution in [1.82, 2.24) is 0 Å². The molecule has 1 aromatic carbocycles. The van der Waals surface area contributed by atoms with Crippen LogP contribution in [0.5, 0.6) is 5.75 Å². The summed E-state index contributed by atoms with van der Waals surface area (Å²) in [7, 11) is 1.55. The van der Waals surface area contributed by atoms with E-state index in [0.717, 1.165) is 0 Å². The number of ether oxygens (including phenoxy) is 3. The van der Waals surface area contributed by atoms with Gasteiger partial charge in [0.25, 0.3) is 0 Å². The first-order valence-electron chi connectivity index (χ1n) is 8.61. The van der Waals surface area contributed by atoms with E-state index < -0.39 is 23.0 Å². The summed E-state index contributed by atoms with van der Waals surface area (Å²) >= 11 is 0. The Morgan fingerprint density at radius 1 is 1.23 bits per heavy atom. The first-order valence-corrected chi connectivity index (χ1v) is 8.61. The summed E-state index contributed by atoms with van der Waals surface area (Å²) in [6, 6.07) is 6.99. The highest BCUT2D eigenvalue weighted by atomic mass is 16.7. The van der Waals surface area contributed by atoms with Gasteiger partial charge in [-0.25, -0.2) is 4.79 Å². The molecule has 26 heavy (non-hydrogen) atoms. The number of methoxy groups -OCH3 is 1. The van der Waals surface area contributed by atoms with Crippen molar-refractivity contribution in [2.75, 3.05) is 13.7 Å². The molecule has 0 bridgehead atoms. The van der Waals surface area contributed by atoms with Gasteiger partial charge < -0.3 is 14.2 Å². The number of esters is 1. The molecule has 0 radical (unpaired) electrons. The van der Waals surface area contributed by atoms with E-state index in [1.165, 1.54) is 0 Å². The maximum Gasteiger partial charge on any atom is 0.373 e. The normalized spacial score (nSPS) is 19.7. The molecule has 0 amide bonds. The molecule has 0 saturated carbocycles. The summed E-state index contributed by atoms with van der Waals surface area (Å²) < 4.78 is 15.9. The number of carbonyl (C=O) groups is 1. The van der Waals surface area contributed by atoms with Gasteiger partial charge in [0.05, 0.1) is 18.6 Å². The van der Waals surface area contributed by atoms with Gasteiger partial charge >= 0.3 is 12.2 Å². The van der Waals surface area contributed by atoms with E-state index in [-0.39, 0.29) is 24.2 Å². The Balaban J connectivity index is 2.45. The average Bonchev–Trinajstić information content (AvgIpc) is 3.00. The second kappa shape index (κ2) is 8.21. The number of nitro groups is 1. The van der Waals surface area contributed by atoms with Crippen LogP contribution < -0.4 is 4.74 Å². The Morgan fingerprint density at radius 3 is 2.31 bits per heavy atom. The molecule has 0 saturated heterocycles. The summed E-state index contributed by atoms with van der Waals surface area (Å²) in [6.45, 7) is 7.83. The van der Waals surface area contributed by atoms with E-state index in [4.69, 9.17) is 14.2 Å². The van der Waals surface area contributed by atoms with E-state index >= 15 is 0 Å². The van der Waals surface area contributed by atoms with Gasteiger partial charge in [0.15, 0.2) is 0 Å². The molecule has 7 nitrogen and oxygen atoms in total. The molecular weight excluding hydrogens is 338 g/mol. The van der Waals surface area contributed by atoms with E-state index in [2.05, 4.69) is 0 Å². The summed E-state index contributed by atoms with van der Waals surface area (Å²) in [5.74, 6) is -0.649. The zero-order chi connectivity index (χ0) is 19.4. The summed E-state index contributed by atoms with van der Waals surface area (Å²) in [6.07, 6.45) is -1.36. The van der Waals surface area contributed by atoms with E-state index in [9.17, 15) is 14.9 Å². The molecule has 0 fully saturated rings. The number of hydrogen-bond donors (Lipinski definition) is 0. The number of carbonyl (C=O) groups excluding carboxylic acids is 1. The van der Waals surface area contributed by atoms with Crippen LogP contribution >= 0.6 is 0 Å². The molecule has 1 aliphatic rings. The fraction of sp³-hybridized carbons (Fsp3) is 0.526. The lowest BCUT2D eigenvalue weighted by molar-refractivity contribution is -0.570. The minimum absolute atomic E-state index is 0.0387. The molecule has 0 spiro atoms. The molecular formula is C19H25NO6. The van der Waals surface area contributed by atoms with E-state index in [0.29, 0.717) is 16.9 Å². The quantitative estimate of drug-likeness (QED) is 0.418. The highest BCUT2D eigenvalue weighted by Gasteiger charge is 2.49. The summed E-state index contributed by atoms with van der Waals surface area (Å²) in [5, 5.41) is 11.6. The number of nitrogens with zero attached hydrogens (tertiary/aromatic N) is 1. The maximum absolute atomic E-state index is 12.5. The molecule has 2 rings (SSSR count). The van der Waals surface area contributed by atoms with Crippen molar-refractivity contribution in [3.8, 4) is 5.75 Å². The van der Waals surface area contributed by atoms with Gasteiger partial charge in [-0.3, -0.25) is 10.1 Å². The fourth-order valence-corrected chi connectivity index (χ4v) is 2.97. The van der Waals surface area contributed by atoms with Gasteiger partial charge in [-0.2, -0.15) is 0 Å². The number of rotatable bonds is 7. The van der Waals surface area contributed by atoms with Gasteiger partial charge in [0.1, 0.15) is 11.7 Å². The van der Waals surface area contributed by atoms with Gasteiger partial charge in [0, 0.05) is 5.57 Å². The lowest BCUT2D eigenvalue weighted by Gasteiger charge is -2.18. The highest BCUT2D eigenvalue weighted by molar-refractivity contribution is 5.88. The van der Waals surface area contributed by atoms with Gasteiger partial charge in [-0.15, -0.1) is 0 Å². The predicted octanol–water partition coefficient (Wildman–Crippen LogP) is 3.52. The summed E-state index contributed by atoms with van der Waals surface area (Å²) in [5.41, 5.74) is 1.29. The standard InChI is InChI=1S/C19H25NO6/c1-11(2)10-25-19(21)17-15(12(3)4)16(18(26-17)20(22)23)13-6-8-14(24-5)9-7-13/h6-9,11-12,16,18H,10H2,1-5H3/t16-,18-/m0/s1. The van der Waals surface area contributed by atoms with Crippen molar-refractivity contribution in [2.24, 2.45) is 11.8 Å². The van der Waals surface area contributed by atoms with Crippen molar-refractivity contribution < 1.29 is 23.9 Å². The Labute approximate surface area is 153 Å². The van der Waals surface area contributed by atoms with Crippen LogP contribution in [0.25, 0.3) is 0 Å². The van der Waals surface area contributed by atoms with Crippen LogP contribution in [-0.4, -0.2) is 30.8 Å². The minimum Gasteiger partial charge on any atom is -0.497 e. The molecule has 0 aromatic heterocycles. The van der Waals surface area contributed by atoms with Gasteiger partial charge in [-0.1, -0.05) is 39.8 Å².